The minimum absolute atomic E-state index is 0.183. The second-order valence-electron chi connectivity index (χ2n) is 5.25. The highest BCUT2D eigenvalue weighted by Crippen LogP contribution is 2.20. The molecule has 0 rings (SSSR count). The Balaban J connectivity index is 4.55. The fourth-order valence-electron chi connectivity index (χ4n) is 1.41. The predicted octanol–water partition coefficient (Wildman–Crippen LogP) is 2.11. The third-order valence-corrected chi connectivity index (χ3v) is 3.50. The number of carbonyl (C=O) groups is 2. The van der Waals surface area contributed by atoms with E-state index in [4.69, 9.17) is 16.7 Å². The number of quaternary nitrogens is 1. The SMILES string of the molecule is CCCCC(=O)[C@@H](C[C@@H](Cl)[N+](C)(C)C)C(=O)O. The average molecular weight is 265 g/mol. The van der Waals surface area contributed by atoms with E-state index in [1.54, 1.807) is 0 Å². The minimum Gasteiger partial charge on any atom is -0.481 e. The van der Waals surface area contributed by atoms with Crippen LogP contribution in [0.1, 0.15) is 32.6 Å². The summed E-state index contributed by atoms with van der Waals surface area (Å²) >= 11 is 6.13. The molecular formula is C12H23ClNO3+. The molecule has 0 saturated heterocycles. The number of nitrogens with zero attached hydrogens (tertiary/aromatic N) is 1. The Bertz CT molecular complexity index is 273. The number of ketones is 1. The number of carboxylic acid groups (broad SMARTS) is 1. The van der Waals surface area contributed by atoms with Crippen molar-refractivity contribution in [2.24, 2.45) is 5.92 Å². The summed E-state index contributed by atoms with van der Waals surface area (Å²) in [4.78, 5) is 22.8. The molecule has 0 fully saturated rings. The molecule has 0 aliphatic rings. The zero-order chi connectivity index (χ0) is 13.6. The molecule has 0 saturated carbocycles. The van der Waals surface area contributed by atoms with Gasteiger partial charge in [0.05, 0.1) is 21.1 Å². The van der Waals surface area contributed by atoms with Crippen LogP contribution in [0.3, 0.4) is 0 Å². The van der Waals surface area contributed by atoms with Gasteiger partial charge in [0.1, 0.15) is 11.7 Å². The van der Waals surface area contributed by atoms with Crippen LogP contribution in [0.2, 0.25) is 0 Å². The Morgan fingerprint density at radius 3 is 2.18 bits per heavy atom. The number of alkyl halides is 1. The molecule has 0 aromatic heterocycles. The molecule has 17 heavy (non-hydrogen) atoms. The van der Waals surface area contributed by atoms with E-state index in [9.17, 15) is 9.59 Å². The summed E-state index contributed by atoms with van der Waals surface area (Å²) in [5.41, 5.74) is -0.373. The Hall–Kier alpha value is -0.610. The lowest BCUT2D eigenvalue weighted by Crippen LogP contribution is -2.44. The van der Waals surface area contributed by atoms with E-state index in [2.05, 4.69) is 0 Å². The summed E-state index contributed by atoms with van der Waals surface area (Å²) < 4.78 is 0.437. The van der Waals surface area contributed by atoms with Gasteiger partial charge >= 0.3 is 5.97 Å². The molecule has 0 spiro atoms. The maximum absolute atomic E-state index is 11.8. The monoisotopic (exact) mass is 264 g/mol. The van der Waals surface area contributed by atoms with Crippen LogP contribution in [0, 0.1) is 5.92 Å². The number of Topliss-reactive ketones (excluding diaryl/α,β-unsaturated/α-hetero) is 1. The van der Waals surface area contributed by atoms with Crippen LogP contribution in [-0.2, 0) is 9.59 Å². The molecule has 0 aromatic rings. The standard InChI is InChI=1S/C12H22ClNO3/c1-5-6-7-10(15)9(12(16)17)8-11(13)14(2,3)4/h9,11H,5-8H2,1-4H3/p+1/t9-,11+/m1/s1. The van der Waals surface area contributed by atoms with Crippen molar-refractivity contribution in [2.75, 3.05) is 21.1 Å². The zero-order valence-electron chi connectivity index (χ0n) is 11.1. The predicted molar refractivity (Wildman–Crippen MR) is 67.9 cm³/mol. The van der Waals surface area contributed by atoms with Crippen LogP contribution < -0.4 is 0 Å². The molecular weight excluding hydrogens is 242 g/mol. The second-order valence-corrected chi connectivity index (χ2v) is 5.75. The smallest absolute Gasteiger partial charge is 0.314 e. The topological polar surface area (TPSA) is 54.4 Å². The summed E-state index contributed by atoms with van der Waals surface area (Å²) in [5.74, 6) is -2.25. The minimum atomic E-state index is -1.06. The van der Waals surface area contributed by atoms with Crippen molar-refractivity contribution in [3.63, 3.8) is 0 Å². The number of aliphatic carboxylic acids is 1. The molecule has 0 bridgehead atoms. The van der Waals surface area contributed by atoms with Crippen LogP contribution in [0.25, 0.3) is 0 Å². The lowest BCUT2D eigenvalue weighted by Gasteiger charge is -2.30. The molecule has 1 N–H and O–H groups in total. The molecule has 0 aromatic carbocycles. The number of halogens is 1. The second kappa shape index (κ2) is 6.97. The largest absolute Gasteiger partial charge is 0.481 e. The van der Waals surface area contributed by atoms with Gasteiger partial charge in [0.25, 0.3) is 0 Å². The average Bonchev–Trinajstić information content (AvgIpc) is 2.20. The fraction of sp³-hybridized carbons (Fsp3) is 0.833. The molecule has 100 valence electrons. The van der Waals surface area contributed by atoms with Gasteiger partial charge in [-0.25, -0.2) is 0 Å². The van der Waals surface area contributed by atoms with Crippen molar-refractivity contribution in [3.05, 3.63) is 0 Å². The van der Waals surface area contributed by atoms with Gasteiger partial charge in [-0.15, -0.1) is 0 Å². The third-order valence-electron chi connectivity index (χ3n) is 2.73. The first kappa shape index (κ1) is 16.4. The van der Waals surface area contributed by atoms with Gasteiger partial charge in [-0.1, -0.05) is 24.9 Å². The van der Waals surface area contributed by atoms with E-state index < -0.39 is 11.9 Å². The fourth-order valence-corrected chi connectivity index (χ4v) is 1.58. The number of rotatable bonds is 8. The van der Waals surface area contributed by atoms with E-state index in [-0.39, 0.29) is 17.7 Å². The molecule has 4 nitrogen and oxygen atoms in total. The molecule has 0 amide bonds. The summed E-state index contributed by atoms with van der Waals surface area (Å²) in [6.07, 6.45) is 2.13. The van der Waals surface area contributed by atoms with Crippen molar-refractivity contribution in [1.82, 2.24) is 0 Å². The molecule has 2 atom stereocenters. The molecule has 0 radical (unpaired) electrons. The molecule has 0 aliphatic carbocycles. The van der Waals surface area contributed by atoms with Gasteiger partial charge in [-0.3, -0.25) is 9.59 Å². The van der Waals surface area contributed by atoms with Gasteiger partial charge < -0.3 is 9.59 Å². The van der Waals surface area contributed by atoms with E-state index in [1.807, 2.05) is 28.1 Å². The summed E-state index contributed by atoms with van der Waals surface area (Å²) in [7, 11) is 5.65. The van der Waals surface area contributed by atoms with E-state index >= 15 is 0 Å². The van der Waals surface area contributed by atoms with E-state index in [0.29, 0.717) is 10.9 Å². The van der Waals surface area contributed by atoms with E-state index in [1.165, 1.54) is 0 Å². The molecule has 0 aliphatic heterocycles. The number of carbonyl (C=O) groups excluding carboxylic acids is 1. The van der Waals surface area contributed by atoms with Crippen molar-refractivity contribution in [2.45, 2.75) is 38.1 Å². The van der Waals surface area contributed by atoms with Crippen molar-refractivity contribution in [1.29, 1.82) is 0 Å². The first-order chi connectivity index (χ1) is 7.70. The Labute approximate surface area is 108 Å². The van der Waals surface area contributed by atoms with Crippen molar-refractivity contribution >= 4 is 23.4 Å². The zero-order valence-corrected chi connectivity index (χ0v) is 11.8. The lowest BCUT2D eigenvalue weighted by atomic mass is 9.96. The quantitative estimate of drug-likeness (QED) is 0.316. The van der Waals surface area contributed by atoms with Crippen LogP contribution in [0.15, 0.2) is 0 Å². The van der Waals surface area contributed by atoms with Crippen LogP contribution in [-0.4, -0.2) is 48.0 Å². The van der Waals surface area contributed by atoms with Gasteiger partial charge in [-0.05, 0) is 6.42 Å². The number of hydrogen-bond donors (Lipinski definition) is 1. The van der Waals surface area contributed by atoms with Crippen LogP contribution in [0.4, 0.5) is 0 Å². The Kier molecular flexibility index (Phi) is 6.72. The van der Waals surface area contributed by atoms with E-state index in [0.717, 1.165) is 12.8 Å². The molecule has 5 heteroatoms. The highest BCUT2D eigenvalue weighted by atomic mass is 35.5. The van der Waals surface area contributed by atoms with Crippen LogP contribution >= 0.6 is 11.6 Å². The first-order valence-electron chi connectivity index (χ1n) is 5.90. The highest BCUT2D eigenvalue weighted by Gasteiger charge is 2.33. The molecule has 0 heterocycles. The maximum Gasteiger partial charge on any atom is 0.314 e. The number of unbranched alkanes of at least 4 members (excludes halogenated alkanes) is 1. The van der Waals surface area contributed by atoms with Gasteiger partial charge in [0.15, 0.2) is 5.50 Å². The van der Waals surface area contributed by atoms with Gasteiger partial charge in [0, 0.05) is 12.8 Å². The Morgan fingerprint density at radius 2 is 1.82 bits per heavy atom. The molecule has 0 unspecified atom stereocenters. The van der Waals surface area contributed by atoms with Gasteiger partial charge in [0.2, 0.25) is 0 Å². The number of carboxylic acids is 1. The highest BCUT2D eigenvalue weighted by molar-refractivity contribution is 6.20. The van der Waals surface area contributed by atoms with Crippen LogP contribution in [0.5, 0.6) is 0 Å². The third kappa shape index (κ3) is 6.03. The summed E-state index contributed by atoms with van der Waals surface area (Å²) in [5, 5.41) is 9.07. The summed E-state index contributed by atoms with van der Waals surface area (Å²) in [6.45, 7) is 1.97. The normalized spacial score (nSPS) is 15.4. The van der Waals surface area contributed by atoms with Crippen molar-refractivity contribution < 1.29 is 19.2 Å². The number of hydrogen-bond acceptors (Lipinski definition) is 2. The van der Waals surface area contributed by atoms with Crippen molar-refractivity contribution in [3.8, 4) is 0 Å². The van der Waals surface area contributed by atoms with Gasteiger partial charge in [-0.2, -0.15) is 0 Å². The first-order valence-corrected chi connectivity index (χ1v) is 6.34. The summed E-state index contributed by atoms with van der Waals surface area (Å²) in [6, 6.07) is 0. The lowest BCUT2D eigenvalue weighted by molar-refractivity contribution is -0.883. The maximum atomic E-state index is 11.8. The Morgan fingerprint density at radius 1 is 1.29 bits per heavy atom.